The number of carbonyl (C=O) groups excluding carboxylic acids is 1. The molecule has 0 unspecified atom stereocenters. The van der Waals surface area contributed by atoms with Gasteiger partial charge in [-0.2, -0.15) is 0 Å². The number of anilines is 1. The molecule has 1 aliphatic rings. The van der Waals surface area contributed by atoms with Crippen LogP contribution in [-0.2, 0) is 0 Å². The molecule has 8 heteroatoms. The lowest BCUT2D eigenvalue weighted by Crippen LogP contribution is -2.38. The van der Waals surface area contributed by atoms with Gasteiger partial charge in [-0.25, -0.2) is 15.0 Å². The minimum atomic E-state index is 0.0904. The molecule has 0 saturated carbocycles. The molecule has 156 valence electrons. The molecule has 0 aliphatic carbocycles. The second kappa shape index (κ2) is 8.87. The standard InChI is InChI=1S/C22H26N6OS/c1-14(2)26-22-24-12-18(16-4-8-23-9-5-16)19(27-22)17-6-10-28(11-7-17)21(29)20-15(3)25-13-30-20/h4-5,8-9,12-14,17H,6-7,10-11H2,1-3H3,(H,24,26,27). The molecule has 0 bridgehead atoms. The zero-order chi connectivity index (χ0) is 21.1. The van der Waals surface area contributed by atoms with Crippen LogP contribution in [0.3, 0.4) is 0 Å². The van der Waals surface area contributed by atoms with Crippen LogP contribution in [-0.4, -0.2) is 49.9 Å². The molecule has 4 rings (SSSR count). The average molecular weight is 423 g/mol. The van der Waals surface area contributed by atoms with Gasteiger partial charge in [-0.3, -0.25) is 9.78 Å². The van der Waals surface area contributed by atoms with E-state index in [1.807, 2.05) is 30.2 Å². The Morgan fingerprint density at radius 2 is 1.93 bits per heavy atom. The lowest BCUT2D eigenvalue weighted by molar-refractivity contribution is 0.0716. The number of carbonyl (C=O) groups is 1. The van der Waals surface area contributed by atoms with Crippen molar-refractivity contribution in [3.8, 4) is 11.1 Å². The van der Waals surface area contributed by atoms with E-state index in [2.05, 4.69) is 34.1 Å². The summed E-state index contributed by atoms with van der Waals surface area (Å²) in [4.78, 5) is 33.3. The number of aryl methyl sites for hydroxylation is 1. The first-order valence-corrected chi connectivity index (χ1v) is 11.1. The third-order valence-electron chi connectivity index (χ3n) is 5.34. The Labute approximate surface area is 180 Å². The van der Waals surface area contributed by atoms with E-state index in [4.69, 9.17) is 4.98 Å². The highest BCUT2D eigenvalue weighted by atomic mass is 32.1. The van der Waals surface area contributed by atoms with Crippen LogP contribution in [0.2, 0.25) is 0 Å². The summed E-state index contributed by atoms with van der Waals surface area (Å²) in [5, 5.41) is 3.31. The fourth-order valence-corrected chi connectivity index (χ4v) is 4.56. The predicted octanol–water partition coefficient (Wildman–Crippen LogP) is 4.14. The number of hydrogen-bond donors (Lipinski definition) is 1. The number of rotatable bonds is 5. The molecule has 1 fully saturated rings. The maximum Gasteiger partial charge on any atom is 0.265 e. The average Bonchev–Trinajstić information content (AvgIpc) is 3.19. The number of nitrogens with zero attached hydrogens (tertiary/aromatic N) is 5. The van der Waals surface area contributed by atoms with Crippen LogP contribution in [0.25, 0.3) is 11.1 Å². The minimum Gasteiger partial charge on any atom is -0.352 e. The molecule has 1 amide bonds. The molecule has 0 spiro atoms. The normalized spacial score (nSPS) is 14.9. The molecule has 3 aromatic heterocycles. The minimum absolute atomic E-state index is 0.0904. The second-order valence-corrected chi connectivity index (χ2v) is 8.72. The summed E-state index contributed by atoms with van der Waals surface area (Å²) in [6.07, 6.45) is 7.23. The zero-order valence-corrected chi connectivity index (χ0v) is 18.3. The number of hydrogen-bond acceptors (Lipinski definition) is 7. The van der Waals surface area contributed by atoms with Crippen molar-refractivity contribution in [3.05, 3.63) is 52.5 Å². The van der Waals surface area contributed by atoms with Crippen LogP contribution in [0.15, 0.2) is 36.2 Å². The molecular weight excluding hydrogens is 396 g/mol. The van der Waals surface area contributed by atoms with E-state index >= 15 is 0 Å². The SMILES string of the molecule is Cc1ncsc1C(=O)N1CCC(c2nc(NC(C)C)ncc2-c2ccncc2)CC1. The molecule has 1 aliphatic heterocycles. The van der Waals surface area contributed by atoms with Gasteiger partial charge < -0.3 is 10.2 Å². The maximum atomic E-state index is 12.8. The van der Waals surface area contributed by atoms with Gasteiger partial charge in [-0.05, 0) is 51.3 Å². The third kappa shape index (κ3) is 4.33. The molecule has 1 saturated heterocycles. The van der Waals surface area contributed by atoms with Gasteiger partial charge in [0.05, 0.1) is 16.9 Å². The van der Waals surface area contributed by atoms with Gasteiger partial charge in [0.2, 0.25) is 5.95 Å². The molecule has 4 heterocycles. The second-order valence-electron chi connectivity index (χ2n) is 7.86. The fraction of sp³-hybridized carbons (Fsp3) is 0.409. The first-order valence-electron chi connectivity index (χ1n) is 10.3. The Hall–Kier alpha value is -2.87. The van der Waals surface area contributed by atoms with E-state index in [-0.39, 0.29) is 17.9 Å². The quantitative estimate of drug-likeness (QED) is 0.665. The van der Waals surface area contributed by atoms with Crippen molar-refractivity contribution in [2.24, 2.45) is 0 Å². The summed E-state index contributed by atoms with van der Waals surface area (Å²) in [5.41, 5.74) is 5.69. The number of likely N-dealkylation sites (tertiary alicyclic amines) is 1. The lowest BCUT2D eigenvalue weighted by atomic mass is 9.89. The van der Waals surface area contributed by atoms with E-state index in [1.54, 1.807) is 17.9 Å². The van der Waals surface area contributed by atoms with Crippen molar-refractivity contribution in [2.45, 2.75) is 45.6 Å². The van der Waals surface area contributed by atoms with Crippen LogP contribution >= 0.6 is 11.3 Å². The molecule has 0 atom stereocenters. The lowest BCUT2D eigenvalue weighted by Gasteiger charge is -2.32. The maximum absolute atomic E-state index is 12.8. The van der Waals surface area contributed by atoms with Crippen molar-refractivity contribution >= 4 is 23.2 Å². The largest absolute Gasteiger partial charge is 0.352 e. The molecular formula is C22H26N6OS. The number of amides is 1. The monoisotopic (exact) mass is 422 g/mol. The Bertz CT molecular complexity index is 1010. The van der Waals surface area contributed by atoms with Gasteiger partial charge in [0, 0.05) is 49.2 Å². The van der Waals surface area contributed by atoms with Gasteiger partial charge in [-0.15, -0.1) is 11.3 Å². The van der Waals surface area contributed by atoms with Crippen molar-refractivity contribution in [1.82, 2.24) is 24.8 Å². The van der Waals surface area contributed by atoms with Crippen molar-refractivity contribution < 1.29 is 4.79 Å². The summed E-state index contributed by atoms with van der Waals surface area (Å²) in [7, 11) is 0. The first kappa shape index (κ1) is 20.4. The fourth-order valence-electron chi connectivity index (χ4n) is 3.79. The summed E-state index contributed by atoms with van der Waals surface area (Å²) < 4.78 is 0. The van der Waals surface area contributed by atoms with Crippen LogP contribution in [0, 0.1) is 6.92 Å². The highest BCUT2D eigenvalue weighted by molar-refractivity contribution is 7.11. The van der Waals surface area contributed by atoms with Gasteiger partial charge in [-0.1, -0.05) is 0 Å². The van der Waals surface area contributed by atoms with E-state index in [1.165, 1.54) is 11.3 Å². The first-order chi connectivity index (χ1) is 14.5. The van der Waals surface area contributed by atoms with Gasteiger partial charge >= 0.3 is 0 Å². The number of nitrogens with one attached hydrogen (secondary N) is 1. The van der Waals surface area contributed by atoms with Crippen molar-refractivity contribution in [1.29, 1.82) is 0 Å². The molecule has 30 heavy (non-hydrogen) atoms. The zero-order valence-electron chi connectivity index (χ0n) is 17.5. The number of piperidine rings is 1. The summed E-state index contributed by atoms with van der Waals surface area (Å²) in [6, 6.07) is 4.23. The Balaban J connectivity index is 1.57. The Kier molecular flexibility index (Phi) is 6.03. The number of thiazole rings is 1. The van der Waals surface area contributed by atoms with Crippen LogP contribution in [0.1, 0.15) is 53.7 Å². The highest BCUT2D eigenvalue weighted by Crippen LogP contribution is 2.35. The Morgan fingerprint density at radius 1 is 1.20 bits per heavy atom. The smallest absolute Gasteiger partial charge is 0.265 e. The predicted molar refractivity (Wildman–Crippen MR) is 119 cm³/mol. The number of pyridine rings is 1. The van der Waals surface area contributed by atoms with Crippen LogP contribution in [0.4, 0.5) is 5.95 Å². The van der Waals surface area contributed by atoms with E-state index in [0.29, 0.717) is 19.0 Å². The topological polar surface area (TPSA) is 83.9 Å². The van der Waals surface area contributed by atoms with Crippen LogP contribution < -0.4 is 5.32 Å². The molecule has 1 N–H and O–H groups in total. The molecule has 3 aromatic rings. The van der Waals surface area contributed by atoms with Crippen molar-refractivity contribution in [2.75, 3.05) is 18.4 Å². The molecule has 0 radical (unpaired) electrons. The van der Waals surface area contributed by atoms with E-state index < -0.39 is 0 Å². The van der Waals surface area contributed by atoms with Crippen molar-refractivity contribution in [3.63, 3.8) is 0 Å². The van der Waals surface area contributed by atoms with Crippen LogP contribution in [0.5, 0.6) is 0 Å². The summed E-state index contributed by atoms with van der Waals surface area (Å²) in [6.45, 7) is 7.47. The third-order valence-corrected chi connectivity index (χ3v) is 6.25. The van der Waals surface area contributed by atoms with E-state index in [0.717, 1.165) is 40.2 Å². The van der Waals surface area contributed by atoms with Gasteiger partial charge in [0.15, 0.2) is 0 Å². The number of aromatic nitrogens is 4. The molecule has 7 nitrogen and oxygen atoms in total. The van der Waals surface area contributed by atoms with E-state index in [9.17, 15) is 4.79 Å². The summed E-state index contributed by atoms with van der Waals surface area (Å²) in [5.74, 6) is 1.01. The highest BCUT2D eigenvalue weighted by Gasteiger charge is 2.29. The van der Waals surface area contributed by atoms with Gasteiger partial charge in [0.1, 0.15) is 4.88 Å². The summed E-state index contributed by atoms with van der Waals surface area (Å²) >= 11 is 1.42. The Morgan fingerprint density at radius 3 is 2.57 bits per heavy atom. The van der Waals surface area contributed by atoms with Gasteiger partial charge in [0.25, 0.3) is 5.91 Å². The molecule has 0 aromatic carbocycles.